The zero-order valence-electron chi connectivity index (χ0n) is 8.49. The molecule has 0 aromatic carbocycles. The smallest absolute Gasteiger partial charge is 0.0582 e. The minimum atomic E-state index is -0.226. The van der Waals surface area contributed by atoms with Crippen LogP contribution in [0.15, 0.2) is 12.1 Å². The number of hydrogen-bond acceptors (Lipinski definition) is 3. The fourth-order valence-electron chi connectivity index (χ4n) is 2.01. The number of hydrogen-bond donors (Lipinski definition) is 2. The highest BCUT2D eigenvalue weighted by molar-refractivity contribution is 7.12. The lowest BCUT2D eigenvalue weighted by atomic mass is 9.74. The van der Waals surface area contributed by atoms with Crippen molar-refractivity contribution < 1.29 is 5.11 Å². The molecule has 1 aromatic heterocycles. The summed E-state index contributed by atoms with van der Waals surface area (Å²) < 4.78 is 0. The van der Waals surface area contributed by atoms with Crippen LogP contribution in [0.2, 0.25) is 0 Å². The van der Waals surface area contributed by atoms with Crippen LogP contribution in [0.1, 0.15) is 35.9 Å². The van der Waals surface area contributed by atoms with Crippen molar-refractivity contribution in [2.75, 3.05) is 0 Å². The summed E-state index contributed by atoms with van der Waals surface area (Å²) in [4.78, 5) is 2.65. The van der Waals surface area contributed by atoms with Gasteiger partial charge in [-0.25, -0.2) is 0 Å². The van der Waals surface area contributed by atoms with E-state index in [1.165, 1.54) is 16.2 Å². The van der Waals surface area contributed by atoms with Crippen LogP contribution in [-0.4, -0.2) is 11.2 Å². The van der Waals surface area contributed by atoms with E-state index in [9.17, 15) is 5.11 Å². The second-order valence-corrected chi connectivity index (χ2v) is 5.40. The van der Waals surface area contributed by atoms with Crippen molar-refractivity contribution in [2.45, 2.75) is 44.2 Å². The number of rotatable bonds is 3. The minimum Gasteiger partial charge on any atom is -0.393 e. The Bertz CT molecular complexity index is 315. The molecule has 0 spiro atoms. The third-order valence-electron chi connectivity index (χ3n) is 2.85. The molecule has 2 rings (SSSR count). The topological polar surface area (TPSA) is 46.2 Å². The average Bonchev–Trinajstić information content (AvgIpc) is 2.51. The summed E-state index contributed by atoms with van der Waals surface area (Å²) in [5.41, 5.74) is 5.95. The Morgan fingerprint density at radius 1 is 1.57 bits per heavy atom. The van der Waals surface area contributed by atoms with Gasteiger partial charge < -0.3 is 10.8 Å². The van der Waals surface area contributed by atoms with Crippen molar-refractivity contribution >= 4 is 11.3 Å². The fourth-order valence-corrected chi connectivity index (χ4v) is 3.24. The Labute approximate surface area is 88.8 Å². The first-order valence-corrected chi connectivity index (χ1v) is 6.02. The Balaban J connectivity index is 2.09. The molecule has 0 bridgehead atoms. The molecule has 3 heteroatoms. The van der Waals surface area contributed by atoms with Crippen molar-refractivity contribution in [3.8, 4) is 0 Å². The highest BCUT2D eigenvalue weighted by Gasteiger charge is 2.42. The normalized spacial score (nSPS) is 31.5. The Morgan fingerprint density at radius 3 is 2.86 bits per heavy atom. The molecule has 78 valence electrons. The summed E-state index contributed by atoms with van der Waals surface area (Å²) in [5.74, 6) is 0. The van der Waals surface area contributed by atoms with Gasteiger partial charge in [0.1, 0.15) is 0 Å². The van der Waals surface area contributed by atoms with Gasteiger partial charge >= 0.3 is 0 Å². The van der Waals surface area contributed by atoms with Crippen LogP contribution in [0, 0.1) is 0 Å². The van der Waals surface area contributed by atoms with E-state index < -0.39 is 0 Å². The molecule has 0 atom stereocenters. The van der Waals surface area contributed by atoms with E-state index in [0.29, 0.717) is 0 Å². The summed E-state index contributed by atoms with van der Waals surface area (Å²) in [6.07, 6.45) is 3.58. The number of nitrogens with two attached hydrogens (primary N) is 1. The van der Waals surface area contributed by atoms with E-state index in [4.69, 9.17) is 5.73 Å². The number of aliphatic hydroxyl groups is 1. The molecular weight excluding hydrogens is 194 g/mol. The molecule has 3 N–H and O–H groups in total. The van der Waals surface area contributed by atoms with Crippen molar-refractivity contribution in [1.82, 2.24) is 0 Å². The van der Waals surface area contributed by atoms with Crippen LogP contribution < -0.4 is 5.73 Å². The zero-order valence-corrected chi connectivity index (χ0v) is 9.31. The lowest BCUT2D eigenvalue weighted by Gasteiger charge is -2.41. The van der Waals surface area contributed by atoms with Crippen LogP contribution in [0.3, 0.4) is 0 Å². The van der Waals surface area contributed by atoms with E-state index in [1.807, 2.05) is 0 Å². The van der Waals surface area contributed by atoms with Crippen molar-refractivity contribution in [3.05, 3.63) is 21.9 Å². The van der Waals surface area contributed by atoms with Gasteiger partial charge in [0.2, 0.25) is 0 Å². The SMILES string of the molecule is CCCc1ccc(C2(N)CC(O)C2)s1. The second-order valence-electron chi connectivity index (χ2n) is 4.23. The molecule has 1 saturated carbocycles. The monoisotopic (exact) mass is 211 g/mol. The Hall–Kier alpha value is -0.380. The Kier molecular flexibility index (Phi) is 2.64. The molecule has 0 amide bonds. The lowest BCUT2D eigenvalue weighted by Crippen LogP contribution is -2.51. The third-order valence-corrected chi connectivity index (χ3v) is 4.21. The van der Waals surface area contributed by atoms with E-state index in [-0.39, 0.29) is 11.6 Å². The largest absolute Gasteiger partial charge is 0.393 e. The van der Waals surface area contributed by atoms with E-state index in [2.05, 4.69) is 19.1 Å². The highest BCUT2D eigenvalue weighted by Crippen LogP contribution is 2.42. The molecule has 1 aliphatic carbocycles. The van der Waals surface area contributed by atoms with Gasteiger partial charge in [0.25, 0.3) is 0 Å². The molecule has 2 nitrogen and oxygen atoms in total. The van der Waals surface area contributed by atoms with Gasteiger partial charge in [-0.2, -0.15) is 0 Å². The summed E-state index contributed by atoms with van der Waals surface area (Å²) in [5, 5.41) is 9.28. The average molecular weight is 211 g/mol. The standard InChI is InChI=1S/C11H17NOS/c1-2-3-9-4-5-10(14-9)11(12)6-8(13)7-11/h4-5,8,13H,2-3,6-7,12H2,1H3. The van der Waals surface area contributed by atoms with Crippen LogP contribution in [0.5, 0.6) is 0 Å². The van der Waals surface area contributed by atoms with Gasteiger partial charge in [0.05, 0.1) is 11.6 Å². The summed E-state index contributed by atoms with van der Waals surface area (Å²) in [6.45, 7) is 2.19. The van der Waals surface area contributed by atoms with E-state index in [0.717, 1.165) is 19.3 Å². The maximum absolute atomic E-state index is 9.28. The van der Waals surface area contributed by atoms with Gasteiger partial charge in [-0.3, -0.25) is 0 Å². The van der Waals surface area contributed by atoms with Gasteiger partial charge in [-0.15, -0.1) is 11.3 Å². The van der Waals surface area contributed by atoms with Gasteiger partial charge in [-0.1, -0.05) is 13.3 Å². The van der Waals surface area contributed by atoms with Gasteiger partial charge in [0.15, 0.2) is 0 Å². The van der Waals surface area contributed by atoms with Gasteiger partial charge in [-0.05, 0) is 31.4 Å². The predicted octanol–water partition coefficient (Wildman–Crippen LogP) is 2.01. The maximum Gasteiger partial charge on any atom is 0.0582 e. The van der Waals surface area contributed by atoms with Gasteiger partial charge in [0, 0.05) is 9.75 Å². The minimum absolute atomic E-state index is 0.184. The quantitative estimate of drug-likeness (QED) is 0.803. The molecular formula is C11H17NOS. The molecule has 0 aliphatic heterocycles. The van der Waals surface area contributed by atoms with Crippen molar-refractivity contribution in [3.63, 3.8) is 0 Å². The van der Waals surface area contributed by atoms with Crippen LogP contribution in [0.25, 0.3) is 0 Å². The fraction of sp³-hybridized carbons (Fsp3) is 0.636. The molecule has 1 fully saturated rings. The second kappa shape index (κ2) is 3.65. The summed E-state index contributed by atoms with van der Waals surface area (Å²) in [7, 11) is 0. The van der Waals surface area contributed by atoms with Crippen LogP contribution in [0.4, 0.5) is 0 Å². The van der Waals surface area contributed by atoms with Crippen molar-refractivity contribution in [2.24, 2.45) is 5.73 Å². The maximum atomic E-state index is 9.28. The molecule has 14 heavy (non-hydrogen) atoms. The zero-order chi connectivity index (χ0) is 10.2. The summed E-state index contributed by atoms with van der Waals surface area (Å²) in [6, 6.07) is 4.30. The molecule has 0 saturated heterocycles. The Morgan fingerprint density at radius 2 is 2.29 bits per heavy atom. The number of aliphatic hydroxyl groups excluding tert-OH is 1. The molecule has 1 heterocycles. The number of thiophene rings is 1. The first-order valence-electron chi connectivity index (χ1n) is 5.20. The lowest BCUT2D eigenvalue weighted by molar-refractivity contribution is 0.0227. The van der Waals surface area contributed by atoms with E-state index in [1.54, 1.807) is 11.3 Å². The van der Waals surface area contributed by atoms with Crippen LogP contribution in [-0.2, 0) is 12.0 Å². The summed E-state index contributed by atoms with van der Waals surface area (Å²) >= 11 is 1.81. The highest BCUT2D eigenvalue weighted by atomic mass is 32.1. The molecule has 1 aromatic rings. The van der Waals surface area contributed by atoms with E-state index >= 15 is 0 Å². The predicted molar refractivity (Wildman–Crippen MR) is 59.4 cm³/mol. The first kappa shape index (κ1) is 10.1. The van der Waals surface area contributed by atoms with Crippen molar-refractivity contribution in [1.29, 1.82) is 0 Å². The molecule has 1 aliphatic rings. The van der Waals surface area contributed by atoms with Crippen LogP contribution >= 0.6 is 11.3 Å². The third kappa shape index (κ3) is 1.72. The molecule has 0 radical (unpaired) electrons. The number of aryl methyl sites for hydroxylation is 1. The molecule has 0 unspecified atom stereocenters. The first-order chi connectivity index (χ1) is 6.64.